The molecule has 2 N–H and O–H groups in total. The second-order valence-corrected chi connectivity index (χ2v) is 5.84. The number of aromatic nitrogens is 2. The lowest BCUT2D eigenvalue weighted by atomic mass is 10.2. The van der Waals surface area contributed by atoms with Crippen LogP contribution in [0, 0.1) is 0 Å². The fourth-order valence-corrected chi connectivity index (χ4v) is 2.77. The van der Waals surface area contributed by atoms with E-state index in [1.807, 2.05) is 16.8 Å². The zero-order valence-electron chi connectivity index (χ0n) is 12.2. The van der Waals surface area contributed by atoms with E-state index >= 15 is 0 Å². The zero-order valence-corrected chi connectivity index (χ0v) is 13.7. The number of hydrogen-bond acceptors (Lipinski definition) is 6. The molecule has 3 rings (SSSR count). The van der Waals surface area contributed by atoms with Gasteiger partial charge in [-0.2, -0.15) is 16.3 Å². The summed E-state index contributed by atoms with van der Waals surface area (Å²) < 4.78 is 5.21. The number of thiophene rings is 1. The lowest BCUT2D eigenvalue weighted by Crippen LogP contribution is -2.17. The molecule has 0 spiro atoms. The van der Waals surface area contributed by atoms with Crippen molar-refractivity contribution in [2.24, 2.45) is 0 Å². The first kappa shape index (κ1) is 15.5. The summed E-state index contributed by atoms with van der Waals surface area (Å²) in [7, 11) is 1.58. The van der Waals surface area contributed by atoms with Crippen LogP contribution in [0.25, 0.3) is 11.4 Å². The third kappa shape index (κ3) is 3.52. The molecule has 0 bridgehead atoms. The summed E-state index contributed by atoms with van der Waals surface area (Å²) >= 11 is 7.71. The smallest absolute Gasteiger partial charge is 0.251 e. The maximum atomic E-state index is 11.7. The number of carbonyl (C=O) groups is 1. The Morgan fingerprint density at radius 2 is 2.26 bits per heavy atom. The van der Waals surface area contributed by atoms with Gasteiger partial charge in [-0.1, -0.05) is 16.8 Å². The van der Waals surface area contributed by atoms with E-state index < -0.39 is 0 Å². The summed E-state index contributed by atoms with van der Waals surface area (Å²) in [4.78, 5) is 16.0. The van der Waals surface area contributed by atoms with Crippen molar-refractivity contribution in [3.63, 3.8) is 0 Å². The third-order valence-corrected chi connectivity index (χ3v) is 4.15. The summed E-state index contributed by atoms with van der Waals surface area (Å²) in [5, 5.41) is 14.0. The molecule has 0 aliphatic carbocycles. The number of nitrogens with one attached hydrogen (secondary N) is 2. The highest BCUT2D eigenvalue weighted by Crippen LogP contribution is 2.24. The number of anilines is 1. The number of nitrogens with zero attached hydrogens (tertiary/aromatic N) is 2. The fourth-order valence-electron chi connectivity index (χ4n) is 1.95. The molecule has 2 aromatic heterocycles. The van der Waals surface area contributed by atoms with Crippen molar-refractivity contribution in [2.75, 3.05) is 12.4 Å². The molecule has 3 aromatic rings. The molecule has 0 saturated heterocycles. The van der Waals surface area contributed by atoms with Crippen molar-refractivity contribution in [3.05, 3.63) is 51.5 Å². The summed E-state index contributed by atoms with van der Waals surface area (Å²) in [6, 6.07) is 6.93. The Labute approximate surface area is 141 Å². The second-order valence-electron chi connectivity index (χ2n) is 4.65. The van der Waals surface area contributed by atoms with Crippen LogP contribution in [0.4, 0.5) is 5.69 Å². The molecule has 0 atom stereocenters. The lowest BCUT2D eigenvalue weighted by molar-refractivity contribution is 0.0963. The van der Waals surface area contributed by atoms with E-state index in [9.17, 15) is 4.79 Å². The highest BCUT2D eigenvalue weighted by atomic mass is 35.5. The number of rotatable bonds is 5. The van der Waals surface area contributed by atoms with Gasteiger partial charge in [0.05, 0.1) is 17.3 Å². The van der Waals surface area contributed by atoms with Crippen molar-refractivity contribution in [2.45, 2.75) is 6.54 Å². The average Bonchev–Trinajstić information content (AvgIpc) is 3.24. The predicted octanol–water partition coefficient (Wildman–Crippen LogP) is 3.42. The Bertz CT molecular complexity index is 817. The summed E-state index contributed by atoms with van der Waals surface area (Å²) in [6.07, 6.45) is 0. The Balaban J connectivity index is 1.72. The van der Waals surface area contributed by atoms with Crippen LogP contribution in [0.3, 0.4) is 0 Å². The molecule has 0 aliphatic heterocycles. The van der Waals surface area contributed by atoms with E-state index in [1.54, 1.807) is 36.6 Å². The first-order valence-corrected chi connectivity index (χ1v) is 8.10. The maximum absolute atomic E-state index is 11.7. The number of halogens is 1. The monoisotopic (exact) mass is 348 g/mol. The Kier molecular flexibility index (Phi) is 4.59. The quantitative estimate of drug-likeness (QED) is 0.738. The Hall–Kier alpha value is -2.38. The Morgan fingerprint density at radius 1 is 1.39 bits per heavy atom. The van der Waals surface area contributed by atoms with E-state index in [-0.39, 0.29) is 5.91 Å². The largest absolute Gasteiger partial charge is 0.375 e. The number of amides is 1. The van der Waals surface area contributed by atoms with E-state index in [4.69, 9.17) is 16.1 Å². The molecule has 1 aromatic carbocycles. The summed E-state index contributed by atoms with van der Waals surface area (Å²) in [5.74, 6) is 0.808. The van der Waals surface area contributed by atoms with Gasteiger partial charge in [-0.05, 0) is 29.6 Å². The molecule has 0 aliphatic rings. The minimum absolute atomic E-state index is 0.178. The van der Waals surface area contributed by atoms with E-state index in [0.29, 0.717) is 34.5 Å². The molecule has 118 valence electrons. The van der Waals surface area contributed by atoms with Gasteiger partial charge >= 0.3 is 0 Å². The molecular formula is C15H13ClN4O2S. The maximum Gasteiger partial charge on any atom is 0.251 e. The first-order chi connectivity index (χ1) is 11.2. The van der Waals surface area contributed by atoms with Crippen molar-refractivity contribution >= 4 is 34.5 Å². The predicted molar refractivity (Wildman–Crippen MR) is 89.8 cm³/mol. The van der Waals surface area contributed by atoms with Crippen LogP contribution in [0.15, 0.2) is 39.5 Å². The zero-order chi connectivity index (χ0) is 16.2. The minimum atomic E-state index is -0.178. The number of benzene rings is 1. The molecule has 8 heteroatoms. The van der Waals surface area contributed by atoms with Gasteiger partial charge in [0.25, 0.3) is 5.91 Å². The van der Waals surface area contributed by atoms with Gasteiger partial charge in [-0.15, -0.1) is 0 Å². The molecule has 0 fully saturated rings. The standard InChI is InChI=1S/C15H13ClN4O2S/c1-17-15(21)9-2-3-11(16)12(6-9)18-7-13-19-14(20-22-13)10-4-5-23-8-10/h2-6,8,18H,7H2,1H3,(H,17,21). The third-order valence-electron chi connectivity index (χ3n) is 3.13. The molecule has 23 heavy (non-hydrogen) atoms. The van der Waals surface area contributed by atoms with Gasteiger partial charge in [0, 0.05) is 23.6 Å². The SMILES string of the molecule is CNC(=O)c1ccc(Cl)c(NCc2nc(-c3ccsc3)no2)c1. The number of hydrogen-bond donors (Lipinski definition) is 2. The highest BCUT2D eigenvalue weighted by Gasteiger charge is 2.11. The molecule has 0 unspecified atom stereocenters. The molecule has 0 saturated carbocycles. The van der Waals surface area contributed by atoms with Crippen molar-refractivity contribution < 1.29 is 9.32 Å². The van der Waals surface area contributed by atoms with Crippen molar-refractivity contribution in [3.8, 4) is 11.4 Å². The van der Waals surface area contributed by atoms with Crippen LogP contribution in [0.5, 0.6) is 0 Å². The second kappa shape index (κ2) is 6.80. The van der Waals surface area contributed by atoms with Crippen LogP contribution in [0.1, 0.15) is 16.2 Å². The van der Waals surface area contributed by atoms with E-state index in [1.165, 1.54) is 0 Å². The lowest BCUT2D eigenvalue weighted by Gasteiger charge is -2.08. The van der Waals surface area contributed by atoms with Gasteiger partial charge in [0.15, 0.2) is 0 Å². The number of carbonyl (C=O) groups excluding carboxylic acids is 1. The first-order valence-electron chi connectivity index (χ1n) is 6.78. The van der Waals surface area contributed by atoms with Gasteiger partial charge in [0.1, 0.15) is 0 Å². The van der Waals surface area contributed by atoms with Crippen LogP contribution in [-0.4, -0.2) is 23.1 Å². The molecule has 1 amide bonds. The molecule has 0 radical (unpaired) electrons. The van der Waals surface area contributed by atoms with Gasteiger partial charge in [-0.25, -0.2) is 0 Å². The van der Waals surface area contributed by atoms with E-state index in [2.05, 4.69) is 20.8 Å². The van der Waals surface area contributed by atoms with Gasteiger partial charge < -0.3 is 15.2 Å². The van der Waals surface area contributed by atoms with Crippen molar-refractivity contribution in [1.29, 1.82) is 0 Å². The molecular weight excluding hydrogens is 336 g/mol. The van der Waals surface area contributed by atoms with E-state index in [0.717, 1.165) is 5.56 Å². The topological polar surface area (TPSA) is 80.0 Å². The molecule has 6 nitrogen and oxygen atoms in total. The van der Waals surface area contributed by atoms with Crippen molar-refractivity contribution in [1.82, 2.24) is 15.5 Å². The van der Waals surface area contributed by atoms with Crippen LogP contribution < -0.4 is 10.6 Å². The average molecular weight is 349 g/mol. The fraction of sp³-hybridized carbons (Fsp3) is 0.133. The van der Waals surface area contributed by atoms with Crippen LogP contribution >= 0.6 is 22.9 Å². The van der Waals surface area contributed by atoms with Crippen LogP contribution in [-0.2, 0) is 6.54 Å². The minimum Gasteiger partial charge on any atom is -0.375 e. The summed E-state index contributed by atoms with van der Waals surface area (Å²) in [6.45, 7) is 0.314. The Morgan fingerprint density at radius 3 is 3.00 bits per heavy atom. The van der Waals surface area contributed by atoms with Gasteiger partial charge in [0.2, 0.25) is 11.7 Å². The summed E-state index contributed by atoms with van der Waals surface area (Å²) in [5.41, 5.74) is 2.07. The normalized spacial score (nSPS) is 10.5. The molecule has 2 heterocycles. The van der Waals surface area contributed by atoms with Gasteiger partial charge in [-0.3, -0.25) is 4.79 Å². The van der Waals surface area contributed by atoms with Crippen LogP contribution in [0.2, 0.25) is 5.02 Å². The highest BCUT2D eigenvalue weighted by molar-refractivity contribution is 7.08.